The summed E-state index contributed by atoms with van der Waals surface area (Å²) < 4.78 is 1.50. The molecule has 0 saturated heterocycles. The summed E-state index contributed by atoms with van der Waals surface area (Å²) in [5.41, 5.74) is 2.04. The van der Waals surface area contributed by atoms with Crippen LogP contribution in [0.15, 0.2) is 47.4 Å². The third-order valence-corrected chi connectivity index (χ3v) is 3.03. The normalized spacial score (nSPS) is 10.2. The Morgan fingerprint density at radius 1 is 1.21 bits per heavy atom. The highest BCUT2D eigenvalue weighted by molar-refractivity contribution is 5.95. The summed E-state index contributed by atoms with van der Waals surface area (Å²) in [6, 6.07) is 10.9. The van der Waals surface area contributed by atoms with Crippen molar-refractivity contribution in [1.29, 1.82) is 0 Å². The molecule has 2 rings (SSSR count). The Balaban J connectivity index is 2.11. The first-order chi connectivity index (χ1) is 9.09. The monoisotopic (exact) mass is 256 g/mol. The largest absolute Gasteiger partial charge is 0.348 e. The van der Waals surface area contributed by atoms with E-state index < -0.39 is 0 Å². The highest BCUT2D eigenvalue weighted by Crippen LogP contribution is 2.06. The fraction of sp³-hybridized carbons (Fsp3) is 0.200. The van der Waals surface area contributed by atoms with E-state index in [1.54, 1.807) is 31.4 Å². The van der Waals surface area contributed by atoms with E-state index in [1.165, 1.54) is 4.57 Å². The van der Waals surface area contributed by atoms with Crippen molar-refractivity contribution in [3.8, 4) is 0 Å². The van der Waals surface area contributed by atoms with Crippen molar-refractivity contribution in [2.75, 3.05) is 0 Å². The minimum atomic E-state index is -0.163. The minimum absolute atomic E-state index is 0.0902. The SMILES string of the molecule is Cc1ccccc1C(=O)NCc1cccn(C)c1=O. The molecule has 1 aromatic carbocycles. The van der Waals surface area contributed by atoms with Crippen LogP contribution in [0.2, 0.25) is 0 Å². The van der Waals surface area contributed by atoms with Crippen molar-refractivity contribution >= 4 is 5.91 Å². The summed E-state index contributed by atoms with van der Waals surface area (Å²) >= 11 is 0. The van der Waals surface area contributed by atoms with Crippen LogP contribution in [-0.2, 0) is 13.6 Å². The first-order valence-corrected chi connectivity index (χ1v) is 6.08. The zero-order valence-electron chi connectivity index (χ0n) is 11.0. The maximum absolute atomic E-state index is 12.0. The number of pyridine rings is 1. The molecule has 19 heavy (non-hydrogen) atoms. The van der Waals surface area contributed by atoms with E-state index in [0.717, 1.165) is 5.56 Å². The van der Waals surface area contributed by atoms with Crippen LogP contribution in [0.5, 0.6) is 0 Å². The van der Waals surface area contributed by atoms with Crippen LogP contribution in [0.3, 0.4) is 0 Å². The molecule has 4 heteroatoms. The lowest BCUT2D eigenvalue weighted by molar-refractivity contribution is 0.0950. The molecular weight excluding hydrogens is 240 g/mol. The number of aromatic nitrogens is 1. The van der Waals surface area contributed by atoms with Gasteiger partial charge in [0.2, 0.25) is 0 Å². The molecule has 0 fully saturated rings. The summed E-state index contributed by atoms with van der Waals surface area (Å²) in [6.07, 6.45) is 1.69. The van der Waals surface area contributed by atoms with Crippen LogP contribution >= 0.6 is 0 Å². The summed E-state index contributed by atoms with van der Waals surface area (Å²) in [6.45, 7) is 2.12. The van der Waals surface area contributed by atoms with Gasteiger partial charge in [-0.15, -0.1) is 0 Å². The van der Waals surface area contributed by atoms with Crippen LogP contribution in [0.1, 0.15) is 21.5 Å². The van der Waals surface area contributed by atoms with E-state index in [0.29, 0.717) is 11.1 Å². The van der Waals surface area contributed by atoms with E-state index in [4.69, 9.17) is 0 Å². The number of aryl methyl sites for hydroxylation is 2. The van der Waals surface area contributed by atoms with Crippen LogP contribution in [-0.4, -0.2) is 10.5 Å². The quantitative estimate of drug-likeness (QED) is 0.907. The number of benzene rings is 1. The van der Waals surface area contributed by atoms with Crippen molar-refractivity contribution in [3.05, 3.63) is 69.6 Å². The molecule has 0 radical (unpaired) electrons. The predicted octanol–water partition coefficient (Wildman–Crippen LogP) is 1.62. The standard InChI is InChI=1S/C15H16N2O2/c1-11-6-3-4-8-13(11)14(18)16-10-12-7-5-9-17(2)15(12)19/h3-9H,10H2,1-2H3,(H,16,18). The number of carbonyl (C=O) groups excluding carboxylic acids is 1. The maximum Gasteiger partial charge on any atom is 0.255 e. The van der Waals surface area contributed by atoms with E-state index in [1.807, 2.05) is 25.1 Å². The Morgan fingerprint density at radius 2 is 1.95 bits per heavy atom. The van der Waals surface area contributed by atoms with Crippen LogP contribution < -0.4 is 10.9 Å². The number of hydrogen-bond donors (Lipinski definition) is 1. The molecule has 0 aliphatic rings. The first-order valence-electron chi connectivity index (χ1n) is 6.08. The Morgan fingerprint density at radius 3 is 2.68 bits per heavy atom. The summed E-state index contributed by atoms with van der Waals surface area (Å²) in [5.74, 6) is -0.163. The molecule has 1 aromatic heterocycles. The minimum Gasteiger partial charge on any atom is -0.348 e. The predicted molar refractivity (Wildman–Crippen MR) is 74.0 cm³/mol. The summed E-state index contributed by atoms with van der Waals surface area (Å²) in [4.78, 5) is 23.8. The fourth-order valence-corrected chi connectivity index (χ4v) is 1.89. The lowest BCUT2D eigenvalue weighted by Gasteiger charge is -2.08. The Hall–Kier alpha value is -2.36. The highest BCUT2D eigenvalue weighted by Gasteiger charge is 2.08. The topological polar surface area (TPSA) is 51.1 Å². The number of carbonyl (C=O) groups is 1. The second kappa shape index (κ2) is 5.52. The van der Waals surface area contributed by atoms with Crippen LogP contribution in [0.4, 0.5) is 0 Å². The van der Waals surface area contributed by atoms with Gasteiger partial charge in [0, 0.05) is 30.9 Å². The van der Waals surface area contributed by atoms with Gasteiger partial charge in [0.1, 0.15) is 0 Å². The van der Waals surface area contributed by atoms with Crippen molar-refractivity contribution in [3.63, 3.8) is 0 Å². The second-order valence-corrected chi connectivity index (χ2v) is 4.45. The molecule has 0 saturated carbocycles. The Bertz CT molecular complexity index is 659. The molecule has 1 heterocycles. The molecular formula is C15H16N2O2. The summed E-state index contributed by atoms with van der Waals surface area (Å²) in [5, 5.41) is 2.77. The zero-order valence-corrected chi connectivity index (χ0v) is 11.0. The molecule has 0 spiro atoms. The molecule has 0 aliphatic heterocycles. The molecule has 2 aromatic rings. The Kier molecular flexibility index (Phi) is 3.80. The number of rotatable bonds is 3. The molecule has 0 atom stereocenters. The van der Waals surface area contributed by atoms with Gasteiger partial charge in [-0.05, 0) is 24.6 Å². The van der Waals surface area contributed by atoms with Gasteiger partial charge in [-0.3, -0.25) is 9.59 Å². The van der Waals surface area contributed by atoms with Crippen molar-refractivity contribution in [1.82, 2.24) is 9.88 Å². The van der Waals surface area contributed by atoms with Gasteiger partial charge < -0.3 is 9.88 Å². The first kappa shape index (κ1) is 13.1. The number of nitrogens with one attached hydrogen (secondary N) is 1. The average Bonchev–Trinajstić information content (AvgIpc) is 2.40. The highest BCUT2D eigenvalue weighted by atomic mass is 16.2. The smallest absolute Gasteiger partial charge is 0.255 e. The van der Waals surface area contributed by atoms with Gasteiger partial charge in [-0.2, -0.15) is 0 Å². The molecule has 98 valence electrons. The van der Waals surface area contributed by atoms with E-state index in [2.05, 4.69) is 5.32 Å². The average molecular weight is 256 g/mol. The summed E-state index contributed by atoms with van der Waals surface area (Å²) in [7, 11) is 1.69. The van der Waals surface area contributed by atoms with Gasteiger partial charge in [0.25, 0.3) is 11.5 Å². The Labute approximate surface area is 111 Å². The maximum atomic E-state index is 12.0. The van der Waals surface area contributed by atoms with E-state index in [-0.39, 0.29) is 18.0 Å². The molecule has 0 aliphatic carbocycles. The van der Waals surface area contributed by atoms with Gasteiger partial charge >= 0.3 is 0 Å². The van der Waals surface area contributed by atoms with E-state index >= 15 is 0 Å². The third-order valence-electron chi connectivity index (χ3n) is 3.03. The van der Waals surface area contributed by atoms with E-state index in [9.17, 15) is 9.59 Å². The van der Waals surface area contributed by atoms with Gasteiger partial charge in [0.15, 0.2) is 0 Å². The number of nitrogens with zero attached hydrogens (tertiary/aromatic N) is 1. The number of hydrogen-bond acceptors (Lipinski definition) is 2. The van der Waals surface area contributed by atoms with Crippen LogP contribution in [0.25, 0.3) is 0 Å². The van der Waals surface area contributed by atoms with Gasteiger partial charge in [-0.1, -0.05) is 24.3 Å². The van der Waals surface area contributed by atoms with Gasteiger partial charge in [0.05, 0.1) is 0 Å². The van der Waals surface area contributed by atoms with Gasteiger partial charge in [-0.25, -0.2) is 0 Å². The van der Waals surface area contributed by atoms with Crippen LogP contribution in [0, 0.1) is 6.92 Å². The molecule has 4 nitrogen and oxygen atoms in total. The van der Waals surface area contributed by atoms with Crippen molar-refractivity contribution in [2.24, 2.45) is 7.05 Å². The molecule has 0 unspecified atom stereocenters. The van der Waals surface area contributed by atoms with Crippen molar-refractivity contribution in [2.45, 2.75) is 13.5 Å². The molecule has 1 N–H and O–H groups in total. The lowest BCUT2D eigenvalue weighted by Crippen LogP contribution is -2.29. The molecule has 1 amide bonds. The molecule has 0 bridgehead atoms. The second-order valence-electron chi connectivity index (χ2n) is 4.45. The van der Waals surface area contributed by atoms with Crippen molar-refractivity contribution < 1.29 is 4.79 Å². The zero-order chi connectivity index (χ0) is 13.8. The third kappa shape index (κ3) is 2.91. The fourth-order valence-electron chi connectivity index (χ4n) is 1.89. The number of amides is 1. The lowest BCUT2D eigenvalue weighted by atomic mass is 10.1.